The van der Waals surface area contributed by atoms with E-state index >= 15 is 0 Å². The molecular formula is C12H21N3O2S. The summed E-state index contributed by atoms with van der Waals surface area (Å²) in [6, 6.07) is 3.46. The van der Waals surface area contributed by atoms with E-state index in [2.05, 4.69) is 15.0 Å². The molecule has 18 heavy (non-hydrogen) atoms. The van der Waals surface area contributed by atoms with E-state index in [1.807, 2.05) is 13.8 Å². The zero-order chi connectivity index (χ0) is 13.4. The van der Waals surface area contributed by atoms with Crippen LogP contribution in [-0.2, 0) is 10.0 Å². The first-order valence-electron chi connectivity index (χ1n) is 6.30. The van der Waals surface area contributed by atoms with Gasteiger partial charge in [-0.1, -0.05) is 20.3 Å². The minimum atomic E-state index is -3.52. The van der Waals surface area contributed by atoms with Crippen LogP contribution in [0.4, 0.5) is 5.69 Å². The Morgan fingerprint density at radius 3 is 2.67 bits per heavy atom. The van der Waals surface area contributed by atoms with Gasteiger partial charge in [-0.3, -0.25) is 0 Å². The van der Waals surface area contributed by atoms with Crippen LogP contribution in [0.3, 0.4) is 0 Å². The number of sulfonamides is 1. The molecule has 1 rings (SSSR count). The van der Waals surface area contributed by atoms with Gasteiger partial charge in [-0.15, -0.1) is 0 Å². The average Bonchev–Trinajstić information content (AvgIpc) is 2.37. The van der Waals surface area contributed by atoms with Crippen molar-refractivity contribution in [2.24, 2.45) is 0 Å². The second kappa shape index (κ2) is 7.33. The summed E-state index contributed by atoms with van der Waals surface area (Å²) in [7, 11) is -3.52. The Kier molecular flexibility index (Phi) is 6.07. The van der Waals surface area contributed by atoms with Gasteiger partial charge in [-0.25, -0.2) is 18.1 Å². The van der Waals surface area contributed by atoms with Crippen LogP contribution in [-0.4, -0.2) is 26.5 Å². The smallest absolute Gasteiger partial charge is 0.260 e. The number of hydrogen-bond acceptors (Lipinski definition) is 4. The van der Waals surface area contributed by atoms with Crippen molar-refractivity contribution in [3.63, 3.8) is 0 Å². The summed E-state index contributed by atoms with van der Waals surface area (Å²) < 4.78 is 26.7. The largest absolute Gasteiger partial charge is 0.383 e. The molecule has 0 amide bonds. The second-order valence-electron chi connectivity index (χ2n) is 4.03. The number of anilines is 1. The summed E-state index contributed by atoms with van der Waals surface area (Å²) in [4.78, 5) is 3.97. The van der Waals surface area contributed by atoms with Gasteiger partial charge in [0.25, 0.3) is 10.0 Å². The molecule has 102 valence electrons. The summed E-state index contributed by atoms with van der Waals surface area (Å²) in [6.07, 6.45) is 4.19. The summed E-state index contributed by atoms with van der Waals surface area (Å²) >= 11 is 0. The van der Waals surface area contributed by atoms with Gasteiger partial charge in [0.2, 0.25) is 0 Å². The first kappa shape index (κ1) is 14.9. The predicted octanol–water partition coefficient (Wildman–Crippen LogP) is 1.98. The third-order valence-electron chi connectivity index (χ3n) is 2.41. The Labute approximate surface area is 109 Å². The third kappa shape index (κ3) is 4.27. The molecule has 0 aromatic carbocycles. The molecule has 0 aliphatic carbocycles. The lowest BCUT2D eigenvalue weighted by Gasteiger charge is -2.11. The highest BCUT2D eigenvalue weighted by Crippen LogP contribution is 2.17. The van der Waals surface area contributed by atoms with E-state index in [0.717, 1.165) is 25.8 Å². The van der Waals surface area contributed by atoms with E-state index in [0.29, 0.717) is 12.2 Å². The molecular weight excluding hydrogens is 250 g/mol. The Balaban J connectivity index is 2.86. The van der Waals surface area contributed by atoms with Crippen LogP contribution in [0.25, 0.3) is 0 Å². The first-order valence-corrected chi connectivity index (χ1v) is 7.78. The van der Waals surface area contributed by atoms with E-state index in [-0.39, 0.29) is 5.03 Å². The Morgan fingerprint density at radius 1 is 1.22 bits per heavy atom. The van der Waals surface area contributed by atoms with Gasteiger partial charge in [-0.05, 0) is 25.0 Å². The van der Waals surface area contributed by atoms with Crippen LogP contribution >= 0.6 is 0 Å². The third-order valence-corrected chi connectivity index (χ3v) is 3.83. The van der Waals surface area contributed by atoms with Crippen molar-refractivity contribution < 1.29 is 8.42 Å². The molecule has 0 atom stereocenters. The number of aromatic nitrogens is 1. The van der Waals surface area contributed by atoms with Gasteiger partial charge >= 0.3 is 0 Å². The maximum atomic E-state index is 12.1. The zero-order valence-electron chi connectivity index (χ0n) is 10.9. The quantitative estimate of drug-likeness (QED) is 0.709. The molecule has 0 aliphatic heterocycles. The molecule has 6 heteroatoms. The molecule has 1 aromatic rings. The number of hydrogen-bond donors (Lipinski definition) is 2. The number of unbranched alkanes of at least 4 members (excludes halogenated alkanes) is 1. The Morgan fingerprint density at radius 2 is 2.00 bits per heavy atom. The van der Waals surface area contributed by atoms with Crippen LogP contribution in [0, 0.1) is 0 Å². The van der Waals surface area contributed by atoms with E-state index in [1.165, 1.54) is 6.20 Å². The van der Waals surface area contributed by atoms with Crippen molar-refractivity contribution in [1.29, 1.82) is 0 Å². The molecule has 0 aliphatic rings. The molecule has 0 saturated heterocycles. The average molecular weight is 271 g/mol. The molecule has 5 nitrogen and oxygen atoms in total. The number of rotatable bonds is 8. The highest BCUT2D eigenvalue weighted by atomic mass is 32.2. The van der Waals surface area contributed by atoms with Crippen molar-refractivity contribution >= 4 is 15.7 Å². The minimum Gasteiger partial charge on any atom is -0.383 e. The highest BCUT2D eigenvalue weighted by molar-refractivity contribution is 7.89. The summed E-state index contributed by atoms with van der Waals surface area (Å²) in [5.74, 6) is 0. The number of nitrogens with zero attached hydrogens (tertiary/aromatic N) is 1. The Bertz CT molecular complexity index is 460. The molecule has 0 unspecified atom stereocenters. The summed E-state index contributed by atoms with van der Waals surface area (Å²) in [5, 5.41) is 3.16. The summed E-state index contributed by atoms with van der Waals surface area (Å²) in [5.41, 5.74) is 0.559. The standard InChI is InChI=1S/C12H21N3O2S/c1-3-5-10-15-18(16,17)12-11(13-8-4-2)7-6-9-14-12/h6-7,9,13,15H,3-5,8,10H2,1-2H3. The lowest BCUT2D eigenvalue weighted by molar-refractivity contribution is 0.575. The lowest BCUT2D eigenvalue weighted by Crippen LogP contribution is -2.26. The fourth-order valence-corrected chi connectivity index (χ4v) is 2.63. The van der Waals surface area contributed by atoms with Gasteiger partial charge in [0.1, 0.15) is 0 Å². The number of nitrogens with one attached hydrogen (secondary N) is 2. The van der Waals surface area contributed by atoms with Gasteiger partial charge in [0.05, 0.1) is 5.69 Å². The molecule has 1 heterocycles. The maximum Gasteiger partial charge on any atom is 0.260 e. The monoisotopic (exact) mass is 271 g/mol. The van der Waals surface area contributed by atoms with Crippen LogP contribution in [0.2, 0.25) is 0 Å². The molecule has 0 spiro atoms. The lowest BCUT2D eigenvalue weighted by atomic mass is 10.3. The van der Waals surface area contributed by atoms with E-state index < -0.39 is 10.0 Å². The normalized spacial score (nSPS) is 11.4. The Hall–Kier alpha value is -1.14. The van der Waals surface area contributed by atoms with Crippen molar-refractivity contribution in [2.45, 2.75) is 38.1 Å². The fourth-order valence-electron chi connectivity index (χ4n) is 1.45. The van der Waals surface area contributed by atoms with Gasteiger partial charge in [0.15, 0.2) is 5.03 Å². The predicted molar refractivity (Wildman–Crippen MR) is 73.1 cm³/mol. The first-order chi connectivity index (χ1) is 8.61. The van der Waals surface area contributed by atoms with Crippen molar-refractivity contribution in [2.75, 3.05) is 18.4 Å². The van der Waals surface area contributed by atoms with Crippen LogP contribution in [0.1, 0.15) is 33.1 Å². The molecule has 0 radical (unpaired) electrons. The fraction of sp³-hybridized carbons (Fsp3) is 0.583. The number of pyridine rings is 1. The van der Waals surface area contributed by atoms with Gasteiger partial charge in [0, 0.05) is 19.3 Å². The van der Waals surface area contributed by atoms with Crippen molar-refractivity contribution in [3.05, 3.63) is 18.3 Å². The minimum absolute atomic E-state index is 0.0783. The van der Waals surface area contributed by atoms with Crippen molar-refractivity contribution in [3.8, 4) is 0 Å². The summed E-state index contributed by atoms with van der Waals surface area (Å²) in [6.45, 7) is 5.21. The topological polar surface area (TPSA) is 71.1 Å². The van der Waals surface area contributed by atoms with Crippen molar-refractivity contribution in [1.82, 2.24) is 9.71 Å². The van der Waals surface area contributed by atoms with Crippen LogP contribution in [0.15, 0.2) is 23.4 Å². The second-order valence-corrected chi connectivity index (χ2v) is 5.72. The van der Waals surface area contributed by atoms with Crippen LogP contribution < -0.4 is 10.0 Å². The molecule has 0 bridgehead atoms. The molecule has 0 saturated carbocycles. The van der Waals surface area contributed by atoms with Gasteiger partial charge in [-0.2, -0.15) is 0 Å². The maximum absolute atomic E-state index is 12.1. The van der Waals surface area contributed by atoms with Crippen LogP contribution in [0.5, 0.6) is 0 Å². The SMILES string of the molecule is CCCCNS(=O)(=O)c1ncccc1NCCC. The molecule has 2 N–H and O–H groups in total. The molecule has 0 fully saturated rings. The zero-order valence-corrected chi connectivity index (χ0v) is 11.8. The van der Waals surface area contributed by atoms with Gasteiger partial charge < -0.3 is 5.32 Å². The van der Waals surface area contributed by atoms with E-state index in [9.17, 15) is 8.42 Å². The van der Waals surface area contributed by atoms with E-state index in [4.69, 9.17) is 0 Å². The molecule has 1 aromatic heterocycles. The van der Waals surface area contributed by atoms with E-state index in [1.54, 1.807) is 12.1 Å². The highest BCUT2D eigenvalue weighted by Gasteiger charge is 2.18.